The van der Waals surface area contributed by atoms with Crippen molar-refractivity contribution >= 4 is 29.1 Å². The van der Waals surface area contributed by atoms with E-state index < -0.39 is 0 Å². The summed E-state index contributed by atoms with van der Waals surface area (Å²) in [5.74, 6) is 6.84. The molecule has 0 spiro atoms. The minimum atomic E-state index is 0.154. The van der Waals surface area contributed by atoms with Crippen LogP contribution in [-0.2, 0) is 0 Å². The van der Waals surface area contributed by atoms with Gasteiger partial charge in [-0.05, 0) is 12.5 Å². The molecule has 2 N–H and O–H groups in total. The maximum atomic E-state index is 6.06. The summed E-state index contributed by atoms with van der Waals surface area (Å²) in [6.45, 7) is 2.10. The molecule has 1 aromatic heterocycles. The topological polar surface area (TPSA) is 55.7 Å². The van der Waals surface area contributed by atoms with E-state index in [1.54, 1.807) is 4.68 Å². The number of nitrogen functional groups attached to an aromatic ring is 1. The molecule has 0 aliphatic carbocycles. The van der Waals surface area contributed by atoms with Crippen LogP contribution < -0.4 is 5.84 Å². The van der Waals surface area contributed by atoms with E-state index in [4.69, 9.17) is 5.84 Å². The Morgan fingerprint density at radius 3 is 3.00 bits per heavy atom. The standard InChI is InChI=1S/C13H14N4/c1-2-9-7-16-13-11(8-15-9)10-5-3-4-6-12(10)17(13)14/h3-9H,2,14H2,1H3. The average Bonchev–Trinajstić information content (AvgIpc) is 2.55. The first-order valence-corrected chi connectivity index (χ1v) is 5.77. The fraction of sp³-hybridized carbons (Fsp3) is 0.231. The number of hydrogen-bond acceptors (Lipinski definition) is 3. The first-order chi connectivity index (χ1) is 8.31. The summed E-state index contributed by atoms with van der Waals surface area (Å²) in [6, 6.07) is 8.17. The van der Waals surface area contributed by atoms with Gasteiger partial charge in [-0.3, -0.25) is 4.99 Å². The number of rotatable bonds is 1. The highest BCUT2D eigenvalue weighted by atomic mass is 15.3. The van der Waals surface area contributed by atoms with E-state index in [-0.39, 0.29) is 6.04 Å². The van der Waals surface area contributed by atoms with Crippen LogP contribution in [0.4, 0.5) is 5.82 Å². The van der Waals surface area contributed by atoms with Gasteiger partial charge in [0.25, 0.3) is 0 Å². The summed E-state index contributed by atoms with van der Waals surface area (Å²) in [5, 5.41) is 1.10. The normalized spacial score (nSPS) is 18.3. The van der Waals surface area contributed by atoms with Crippen molar-refractivity contribution in [1.82, 2.24) is 4.68 Å². The van der Waals surface area contributed by atoms with E-state index >= 15 is 0 Å². The smallest absolute Gasteiger partial charge is 0.160 e. The third-order valence-electron chi connectivity index (χ3n) is 3.11. The quantitative estimate of drug-likeness (QED) is 0.745. The van der Waals surface area contributed by atoms with Crippen LogP contribution in [0.25, 0.3) is 10.9 Å². The summed E-state index contributed by atoms with van der Waals surface area (Å²) in [4.78, 5) is 8.97. The zero-order chi connectivity index (χ0) is 11.8. The summed E-state index contributed by atoms with van der Waals surface area (Å²) in [5.41, 5.74) is 1.99. The molecule has 3 rings (SSSR count). The van der Waals surface area contributed by atoms with Crippen LogP contribution in [-0.4, -0.2) is 23.1 Å². The number of aromatic nitrogens is 1. The Bertz CT molecular complexity index is 622. The van der Waals surface area contributed by atoms with Crippen molar-refractivity contribution < 1.29 is 0 Å². The SMILES string of the molecule is CCC1C=Nc2c(c3ccccc3n2N)C=N1. The highest BCUT2D eigenvalue weighted by molar-refractivity contribution is 6.06. The van der Waals surface area contributed by atoms with Gasteiger partial charge in [-0.2, -0.15) is 0 Å². The predicted octanol–water partition coefficient (Wildman–Crippen LogP) is 2.27. The Morgan fingerprint density at radius 2 is 2.18 bits per heavy atom. The van der Waals surface area contributed by atoms with Crippen LogP contribution in [0.1, 0.15) is 18.9 Å². The third kappa shape index (κ3) is 1.45. The largest absolute Gasteiger partial charge is 0.337 e. The second kappa shape index (κ2) is 3.73. The number of benzene rings is 1. The van der Waals surface area contributed by atoms with E-state index in [1.165, 1.54) is 0 Å². The Balaban J connectivity index is 2.29. The lowest BCUT2D eigenvalue weighted by atomic mass is 10.2. The maximum Gasteiger partial charge on any atom is 0.160 e. The van der Waals surface area contributed by atoms with Gasteiger partial charge in [0, 0.05) is 23.4 Å². The number of fused-ring (bicyclic) bond motifs is 3. The van der Waals surface area contributed by atoms with Gasteiger partial charge in [0.05, 0.1) is 11.6 Å². The van der Waals surface area contributed by atoms with Gasteiger partial charge < -0.3 is 5.84 Å². The zero-order valence-corrected chi connectivity index (χ0v) is 9.67. The van der Waals surface area contributed by atoms with Crippen LogP contribution in [0.5, 0.6) is 0 Å². The Kier molecular flexibility index (Phi) is 2.21. The van der Waals surface area contributed by atoms with Crippen molar-refractivity contribution in [2.45, 2.75) is 19.4 Å². The van der Waals surface area contributed by atoms with Gasteiger partial charge in [-0.15, -0.1) is 0 Å². The molecule has 1 aromatic carbocycles. The van der Waals surface area contributed by atoms with Gasteiger partial charge in [0.1, 0.15) is 0 Å². The molecule has 17 heavy (non-hydrogen) atoms. The first kappa shape index (κ1) is 10.1. The molecule has 1 aliphatic rings. The van der Waals surface area contributed by atoms with Gasteiger partial charge in [-0.25, -0.2) is 9.67 Å². The van der Waals surface area contributed by atoms with E-state index in [0.717, 1.165) is 28.7 Å². The van der Waals surface area contributed by atoms with Crippen molar-refractivity contribution in [3.8, 4) is 0 Å². The molecule has 0 bridgehead atoms. The monoisotopic (exact) mass is 226 g/mol. The number of aliphatic imine (C=N–C) groups is 2. The molecule has 2 aromatic rings. The van der Waals surface area contributed by atoms with E-state index in [1.807, 2.05) is 36.7 Å². The van der Waals surface area contributed by atoms with Gasteiger partial charge >= 0.3 is 0 Å². The minimum absolute atomic E-state index is 0.154. The molecule has 86 valence electrons. The fourth-order valence-electron chi connectivity index (χ4n) is 2.11. The van der Waals surface area contributed by atoms with Crippen molar-refractivity contribution in [3.63, 3.8) is 0 Å². The summed E-state index contributed by atoms with van der Waals surface area (Å²) in [6.07, 6.45) is 4.71. The van der Waals surface area contributed by atoms with Crippen molar-refractivity contribution in [3.05, 3.63) is 29.8 Å². The van der Waals surface area contributed by atoms with E-state index in [9.17, 15) is 0 Å². The van der Waals surface area contributed by atoms with E-state index in [0.29, 0.717) is 0 Å². The fourth-order valence-corrected chi connectivity index (χ4v) is 2.11. The molecule has 0 radical (unpaired) electrons. The highest BCUT2D eigenvalue weighted by Crippen LogP contribution is 2.30. The molecule has 0 saturated heterocycles. The van der Waals surface area contributed by atoms with Crippen LogP contribution >= 0.6 is 0 Å². The predicted molar refractivity (Wildman–Crippen MR) is 71.9 cm³/mol. The number of para-hydroxylation sites is 1. The number of nitrogens with zero attached hydrogens (tertiary/aromatic N) is 3. The summed E-state index contributed by atoms with van der Waals surface area (Å²) >= 11 is 0. The lowest BCUT2D eigenvalue weighted by Crippen LogP contribution is -2.07. The Hall–Kier alpha value is -2.10. The molecule has 0 amide bonds. The zero-order valence-electron chi connectivity index (χ0n) is 9.67. The van der Waals surface area contributed by atoms with Gasteiger partial charge in [0.15, 0.2) is 5.82 Å². The third-order valence-corrected chi connectivity index (χ3v) is 3.11. The second-order valence-corrected chi connectivity index (χ2v) is 4.16. The van der Waals surface area contributed by atoms with Crippen LogP contribution in [0.3, 0.4) is 0 Å². The minimum Gasteiger partial charge on any atom is -0.337 e. The molecule has 4 nitrogen and oxygen atoms in total. The highest BCUT2D eigenvalue weighted by Gasteiger charge is 2.15. The molecule has 1 atom stereocenters. The van der Waals surface area contributed by atoms with Crippen molar-refractivity contribution in [1.29, 1.82) is 0 Å². The van der Waals surface area contributed by atoms with Crippen LogP contribution in [0, 0.1) is 0 Å². The number of hydrogen-bond donors (Lipinski definition) is 1. The Morgan fingerprint density at radius 1 is 1.35 bits per heavy atom. The molecule has 0 fully saturated rings. The maximum absolute atomic E-state index is 6.06. The van der Waals surface area contributed by atoms with Crippen LogP contribution in [0.15, 0.2) is 34.3 Å². The lowest BCUT2D eigenvalue weighted by Gasteiger charge is -2.00. The van der Waals surface area contributed by atoms with Crippen molar-refractivity contribution in [2.75, 3.05) is 5.84 Å². The molecular weight excluding hydrogens is 212 g/mol. The second-order valence-electron chi connectivity index (χ2n) is 4.16. The van der Waals surface area contributed by atoms with Gasteiger partial charge in [-0.1, -0.05) is 25.1 Å². The molecule has 1 aliphatic heterocycles. The molecule has 2 heterocycles. The molecule has 1 unspecified atom stereocenters. The summed E-state index contributed by atoms with van der Waals surface area (Å²) in [7, 11) is 0. The van der Waals surface area contributed by atoms with Crippen molar-refractivity contribution in [2.24, 2.45) is 9.98 Å². The van der Waals surface area contributed by atoms with Gasteiger partial charge in [0.2, 0.25) is 0 Å². The molecule has 4 heteroatoms. The Labute approximate surface area is 99.5 Å². The first-order valence-electron chi connectivity index (χ1n) is 5.77. The lowest BCUT2D eigenvalue weighted by molar-refractivity contribution is 0.840. The van der Waals surface area contributed by atoms with Crippen LogP contribution in [0.2, 0.25) is 0 Å². The number of nitrogens with two attached hydrogens (primary N) is 1. The molecule has 0 saturated carbocycles. The van der Waals surface area contributed by atoms with E-state index in [2.05, 4.69) is 16.9 Å². The average molecular weight is 226 g/mol. The molecular formula is C13H14N4. The summed E-state index contributed by atoms with van der Waals surface area (Å²) < 4.78 is 1.63.